The Labute approximate surface area is 160 Å². The highest BCUT2D eigenvalue weighted by Crippen LogP contribution is 2.25. The number of rotatable bonds is 9. The van der Waals surface area contributed by atoms with E-state index in [-0.39, 0.29) is 4.90 Å². The zero-order valence-electron chi connectivity index (χ0n) is 13.9. The predicted molar refractivity (Wildman–Crippen MR) is 96.6 cm³/mol. The first-order valence-electron chi connectivity index (χ1n) is 7.66. The van der Waals surface area contributed by atoms with Crippen LogP contribution < -0.4 is 4.74 Å². The van der Waals surface area contributed by atoms with Crippen molar-refractivity contribution in [3.8, 4) is 11.5 Å². The van der Waals surface area contributed by atoms with Crippen molar-refractivity contribution in [2.45, 2.75) is 11.3 Å². The maximum Gasteiger partial charge on any atom is 0.318 e. The first-order valence-corrected chi connectivity index (χ1v) is 9.47. The van der Waals surface area contributed by atoms with E-state index < -0.39 is 41.5 Å². The molecule has 0 aliphatic heterocycles. The number of carboxylic acids is 2. The molecule has 0 saturated heterocycles. The molecule has 0 fully saturated rings. The van der Waals surface area contributed by atoms with Crippen LogP contribution in [0.5, 0.6) is 11.5 Å². The molecule has 0 aliphatic carbocycles. The Morgan fingerprint density at radius 3 is 1.93 bits per heavy atom. The number of carboxylic acid groups (broad SMARTS) is 2. The number of nitrogens with zero attached hydrogens (tertiary/aromatic N) is 1. The van der Waals surface area contributed by atoms with E-state index in [4.69, 9.17) is 26.6 Å². The quantitative estimate of drug-likeness (QED) is 0.648. The fraction of sp³-hybridized carbons (Fsp3) is 0.176. The van der Waals surface area contributed by atoms with Gasteiger partial charge in [0.25, 0.3) is 0 Å². The molecule has 0 spiro atoms. The number of ether oxygens (including phenoxy) is 1. The van der Waals surface area contributed by atoms with Gasteiger partial charge < -0.3 is 14.9 Å². The monoisotopic (exact) mass is 413 g/mol. The Morgan fingerprint density at radius 1 is 0.926 bits per heavy atom. The summed E-state index contributed by atoms with van der Waals surface area (Å²) in [5, 5.41) is 18.2. The summed E-state index contributed by atoms with van der Waals surface area (Å²) in [7, 11) is -4.17. The summed E-state index contributed by atoms with van der Waals surface area (Å²) in [4.78, 5) is 21.5. The summed E-state index contributed by atoms with van der Waals surface area (Å²) in [6.07, 6.45) is -0.510. The number of halogens is 1. The normalized spacial score (nSPS) is 11.3. The van der Waals surface area contributed by atoms with Crippen LogP contribution in [0.3, 0.4) is 0 Å². The molecule has 0 unspecified atom stereocenters. The third kappa shape index (κ3) is 5.95. The lowest BCUT2D eigenvalue weighted by Gasteiger charge is -2.19. The maximum atomic E-state index is 12.6. The SMILES string of the molecule is O=C(O)CCN(CC(=O)O)S(=O)(=O)c1ccc(Oc2ccc(Cl)cc2)cc1. The molecule has 0 radical (unpaired) electrons. The number of hydrogen-bond acceptors (Lipinski definition) is 5. The van der Waals surface area contributed by atoms with Crippen LogP contribution >= 0.6 is 11.6 Å². The Morgan fingerprint density at radius 2 is 1.44 bits per heavy atom. The Kier molecular flexibility index (Phi) is 6.78. The zero-order valence-corrected chi connectivity index (χ0v) is 15.5. The number of sulfonamides is 1. The van der Waals surface area contributed by atoms with Crippen molar-refractivity contribution in [3.05, 3.63) is 53.6 Å². The fourth-order valence-electron chi connectivity index (χ4n) is 2.12. The first kappa shape index (κ1) is 20.7. The smallest absolute Gasteiger partial charge is 0.318 e. The minimum absolute atomic E-state index is 0.169. The average Bonchev–Trinajstić information content (AvgIpc) is 2.60. The molecule has 27 heavy (non-hydrogen) atoms. The third-order valence-electron chi connectivity index (χ3n) is 3.40. The zero-order chi connectivity index (χ0) is 20.0. The second-order valence-electron chi connectivity index (χ2n) is 5.40. The molecule has 0 amide bonds. The van der Waals surface area contributed by atoms with E-state index >= 15 is 0 Å². The molecule has 0 heterocycles. The first-order chi connectivity index (χ1) is 12.7. The van der Waals surface area contributed by atoms with Gasteiger partial charge in [-0.05, 0) is 48.5 Å². The van der Waals surface area contributed by atoms with Crippen molar-refractivity contribution < 1.29 is 33.0 Å². The van der Waals surface area contributed by atoms with Crippen molar-refractivity contribution in [2.75, 3.05) is 13.1 Å². The molecular weight excluding hydrogens is 398 g/mol. The van der Waals surface area contributed by atoms with Crippen LogP contribution in [0.15, 0.2) is 53.4 Å². The molecule has 2 aromatic rings. The summed E-state index contributed by atoms with van der Waals surface area (Å²) in [5.41, 5.74) is 0. The Bertz CT molecular complexity index is 911. The van der Waals surface area contributed by atoms with E-state index in [0.29, 0.717) is 20.8 Å². The second-order valence-corrected chi connectivity index (χ2v) is 7.78. The number of hydrogen-bond donors (Lipinski definition) is 2. The van der Waals surface area contributed by atoms with E-state index in [0.717, 1.165) is 0 Å². The molecule has 2 N–H and O–H groups in total. The van der Waals surface area contributed by atoms with Crippen LogP contribution in [-0.2, 0) is 19.6 Å². The van der Waals surface area contributed by atoms with E-state index in [9.17, 15) is 18.0 Å². The van der Waals surface area contributed by atoms with Crippen LogP contribution in [0, 0.1) is 0 Å². The number of carbonyl (C=O) groups is 2. The highest BCUT2D eigenvalue weighted by Gasteiger charge is 2.27. The van der Waals surface area contributed by atoms with Crippen molar-refractivity contribution in [1.29, 1.82) is 0 Å². The molecule has 10 heteroatoms. The molecule has 8 nitrogen and oxygen atoms in total. The largest absolute Gasteiger partial charge is 0.481 e. The standard InChI is InChI=1S/C17H16ClNO7S/c18-12-1-3-13(4-2-12)26-14-5-7-15(8-6-14)27(24,25)19(11-17(22)23)10-9-16(20)21/h1-8H,9-11H2,(H,20,21)(H,22,23). The van der Waals surface area contributed by atoms with Crippen molar-refractivity contribution in [2.24, 2.45) is 0 Å². The summed E-state index contributed by atoms with van der Waals surface area (Å²) < 4.78 is 31.4. The predicted octanol–water partition coefficient (Wildman–Crippen LogP) is 2.68. The molecule has 0 saturated carbocycles. The van der Waals surface area contributed by atoms with Gasteiger partial charge in [0.15, 0.2) is 0 Å². The topological polar surface area (TPSA) is 121 Å². The average molecular weight is 414 g/mol. The second kappa shape index (κ2) is 8.85. The lowest BCUT2D eigenvalue weighted by atomic mass is 10.3. The van der Waals surface area contributed by atoms with E-state index in [1.165, 1.54) is 24.3 Å². The molecule has 2 rings (SSSR count). The molecule has 0 atom stereocenters. The van der Waals surface area contributed by atoms with Crippen molar-refractivity contribution >= 4 is 33.6 Å². The Balaban J connectivity index is 2.19. The summed E-state index contributed by atoms with van der Waals surface area (Å²) >= 11 is 5.79. The fourth-order valence-corrected chi connectivity index (χ4v) is 3.64. The van der Waals surface area contributed by atoms with Gasteiger partial charge >= 0.3 is 11.9 Å². The van der Waals surface area contributed by atoms with Gasteiger partial charge in [-0.1, -0.05) is 11.6 Å². The van der Waals surface area contributed by atoms with Gasteiger partial charge in [0.05, 0.1) is 11.3 Å². The minimum atomic E-state index is -4.17. The van der Waals surface area contributed by atoms with Crippen molar-refractivity contribution in [1.82, 2.24) is 4.31 Å². The van der Waals surface area contributed by atoms with Gasteiger partial charge in [-0.2, -0.15) is 4.31 Å². The van der Waals surface area contributed by atoms with Gasteiger partial charge in [-0.15, -0.1) is 0 Å². The van der Waals surface area contributed by atoms with Gasteiger partial charge in [0.1, 0.15) is 18.0 Å². The summed E-state index contributed by atoms with van der Waals surface area (Å²) in [5.74, 6) is -1.74. The molecule has 0 aliphatic rings. The highest BCUT2D eigenvalue weighted by atomic mass is 35.5. The lowest BCUT2D eigenvalue weighted by molar-refractivity contribution is -0.139. The number of aliphatic carboxylic acids is 2. The highest BCUT2D eigenvalue weighted by molar-refractivity contribution is 7.89. The molecule has 0 bridgehead atoms. The molecule has 0 aromatic heterocycles. The van der Waals surface area contributed by atoms with Gasteiger partial charge in [-0.3, -0.25) is 9.59 Å². The Hall–Kier alpha value is -2.62. The summed E-state index contributed by atoms with van der Waals surface area (Å²) in [6.45, 7) is -1.29. The van der Waals surface area contributed by atoms with Gasteiger partial charge in [0.2, 0.25) is 10.0 Å². The van der Waals surface area contributed by atoms with Gasteiger partial charge in [-0.25, -0.2) is 8.42 Å². The molecular formula is C17H16ClNO7S. The summed E-state index contributed by atoms with van der Waals surface area (Å²) in [6, 6.07) is 11.9. The molecule has 2 aromatic carbocycles. The van der Waals surface area contributed by atoms with Crippen LogP contribution in [0.4, 0.5) is 0 Å². The maximum absolute atomic E-state index is 12.6. The van der Waals surface area contributed by atoms with Crippen LogP contribution in [0.1, 0.15) is 6.42 Å². The number of benzene rings is 2. The van der Waals surface area contributed by atoms with Crippen LogP contribution in [0.2, 0.25) is 5.02 Å². The van der Waals surface area contributed by atoms with Crippen LogP contribution in [-0.4, -0.2) is 48.0 Å². The third-order valence-corrected chi connectivity index (χ3v) is 5.51. The van der Waals surface area contributed by atoms with E-state index in [2.05, 4.69) is 0 Å². The van der Waals surface area contributed by atoms with E-state index in [1.807, 2.05) is 0 Å². The van der Waals surface area contributed by atoms with Crippen LogP contribution in [0.25, 0.3) is 0 Å². The van der Waals surface area contributed by atoms with E-state index in [1.54, 1.807) is 24.3 Å². The lowest BCUT2D eigenvalue weighted by Crippen LogP contribution is -2.37. The molecule has 144 valence electrons. The minimum Gasteiger partial charge on any atom is -0.481 e. The van der Waals surface area contributed by atoms with Crippen molar-refractivity contribution in [3.63, 3.8) is 0 Å². The van der Waals surface area contributed by atoms with Gasteiger partial charge in [0, 0.05) is 11.6 Å².